The van der Waals surface area contributed by atoms with Crippen molar-refractivity contribution in [1.82, 2.24) is 9.55 Å². The highest BCUT2D eigenvalue weighted by Crippen LogP contribution is 2.27. The molecule has 0 N–H and O–H groups in total. The van der Waals surface area contributed by atoms with Gasteiger partial charge in [0.2, 0.25) is 5.91 Å². The van der Waals surface area contributed by atoms with Crippen LogP contribution in [0.15, 0.2) is 63.8 Å². The van der Waals surface area contributed by atoms with Crippen LogP contribution in [0.5, 0.6) is 0 Å². The summed E-state index contributed by atoms with van der Waals surface area (Å²) in [4.78, 5) is 44.6. The first-order chi connectivity index (χ1) is 17.0. The zero-order valence-electron chi connectivity index (χ0n) is 19.7. The van der Waals surface area contributed by atoms with E-state index in [1.54, 1.807) is 29.4 Å². The molecule has 0 atom stereocenters. The fourth-order valence-corrected chi connectivity index (χ4v) is 4.79. The summed E-state index contributed by atoms with van der Waals surface area (Å²) in [7, 11) is 0. The number of aryl methyl sites for hydroxylation is 2. The molecule has 2 aromatic heterocycles. The lowest BCUT2D eigenvalue weighted by atomic mass is 10.1. The summed E-state index contributed by atoms with van der Waals surface area (Å²) in [5, 5.41) is 0.470. The molecule has 8 nitrogen and oxygen atoms in total. The minimum absolute atomic E-state index is 0.120. The van der Waals surface area contributed by atoms with Crippen LogP contribution in [0, 0.1) is 6.92 Å². The molecule has 0 radical (unpaired) electrons. The lowest BCUT2D eigenvalue weighted by Gasteiger charge is -2.20. The first-order valence-electron chi connectivity index (χ1n) is 11.5. The standard InChI is InChI=1S/C26H27N3O5S/c1-3-33-24(31)23-18(2)35-25(27-23)29(17-15-19-10-5-4-6-11-19)22(30)14-9-16-28-20-12-7-8-13-21(20)34-26(28)32/h4-8,10-13H,3,9,14-17H2,1-2H3. The Labute approximate surface area is 206 Å². The Hall–Kier alpha value is -3.72. The molecule has 182 valence electrons. The number of carbonyl (C=O) groups is 2. The van der Waals surface area contributed by atoms with Crippen LogP contribution in [-0.2, 0) is 22.5 Å². The van der Waals surface area contributed by atoms with Gasteiger partial charge in [0, 0.05) is 24.4 Å². The Morgan fingerprint density at radius 1 is 1.11 bits per heavy atom. The molecule has 0 aliphatic heterocycles. The van der Waals surface area contributed by atoms with Crippen LogP contribution >= 0.6 is 11.3 Å². The van der Waals surface area contributed by atoms with Crippen molar-refractivity contribution < 1.29 is 18.7 Å². The van der Waals surface area contributed by atoms with E-state index < -0.39 is 11.7 Å². The van der Waals surface area contributed by atoms with E-state index >= 15 is 0 Å². The van der Waals surface area contributed by atoms with Crippen LogP contribution in [0.2, 0.25) is 0 Å². The third-order valence-corrected chi connectivity index (χ3v) is 6.59. The molecular weight excluding hydrogens is 466 g/mol. The van der Waals surface area contributed by atoms with Crippen molar-refractivity contribution in [3.05, 3.63) is 81.3 Å². The van der Waals surface area contributed by atoms with E-state index in [-0.39, 0.29) is 24.6 Å². The number of carbonyl (C=O) groups excluding carboxylic acids is 2. The molecule has 0 aliphatic carbocycles. The van der Waals surface area contributed by atoms with E-state index in [0.717, 1.165) is 5.56 Å². The molecule has 0 spiro atoms. The number of aromatic nitrogens is 2. The van der Waals surface area contributed by atoms with Crippen molar-refractivity contribution >= 4 is 39.4 Å². The highest BCUT2D eigenvalue weighted by Gasteiger charge is 2.24. The number of nitrogens with zero attached hydrogens (tertiary/aromatic N) is 3. The number of amides is 1. The van der Waals surface area contributed by atoms with Crippen molar-refractivity contribution in [2.24, 2.45) is 0 Å². The van der Waals surface area contributed by atoms with Crippen molar-refractivity contribution in [1.29, 1.82) is 0 Å². The SMILES string of the molecule is CCOC(=O)c1nc(N(CCc2ccccc2)C(=O)CCCn2c(=O)oc3ccccc32)sc1C. The largest absolute Gasteiger partial charge is 0.461 e. The minimum atomic E-state index is -0.492. The Morgan fingerprint density at radius 3 is 2.63 bits per heavy atom. The van der Waals surface area contributed by atoms with Gasteiger partial charge in [-0.05, 0) is 44.4 Å². The number of esters is 1. The number of hydrogen-bond donors (Lipinski definition) is 0. The average molecular weight is 494 g/mol. The van der Waals surface area contributed by atoms with Gasteiger partial charge >= 0.3 is 11.7 Å². The second-order valence-electron chi connectivity index (χ2n) is 7.99. The van der Waals surface area contributed by atoms with Crippen molar-refractivity contribution in [2.45, 2.75) is 39.7 Å². The van der Waals surface area contributed by atoms with Gasteiger partial charge in [-0.3, -0.25) is 14.3 Å². The first kappa shape index (κ1) is 24.4. The van der Waals surface area contributed by atoms with E-state index in [2.05, 4.69) is 4.98 Å². The molecule has 9 heteroatoms. The monoisotopic (exact) mass is 493 g/mol. The third-order valence-electron chi connectivity index (χ3n) is 5.60. The van der Waals surface area contributed by atoms with Gasteiger partial charge in [-0.1, -0.05) is 42.5 Å². The van der Waals surface area contributed by atoms with Gasteiger partial charge < -0.3 is 9.15 Å². The Morgan fingerprint density at radius 2 is 1.86 bits per heavy atom. The fraction of sp³-hybridized carbons (Fsp3) is 0.308. The number of para-hydroxylation sites is 2. The highest BCUT2D eigenvalue weighted by atomic mass is 32.1. The van der Waals surface area contributed by atoms with Gasteiger partial charge in [0.1, 0.15) is 0 Å². The van der Waals surface area contributed by atoms with Gasteiger partial charge in [0.15, 0.2) is 16.4 Å². The van der Waals surface area contributed by atoms with Gasteiger partial charge in [-0.25, -0.2) is 14.6 Å². The maximum atomic E-state index is 13.3. The molecule has 0 unspecified atom stereocenters. The van der Waals surface area contributed by atoms with Crippen LogP contribution in [-0.4, -0.2) is 34.6 Å². The van der Waals surface area contributed by atoms with Crippen LogP contribution < -0.4 is 10.7 Å². The summed E-state index contributed by atoms with van der Waals surface area (Å²) < 4.78 is 11.9. The molecule has 2 aromatic carbocycles. The van der Waals surface area contributed by atoms with Crippen LogP contribution in [0.1, 0.15) is 40.7 Å². The second kappa shape index (κ2) is 11.1. The number of thiazole rings is 1. The summed E-state index contributed by atoms with van der Waals surface area (Å²) in [5.74, 6) is -1.05. The molecule has 4 aromatic rings. The zero-order chi connectivity index (χ0) is 24.8. The molecule has 0 fully saturated rings. The van der Waals surface area contributed by atoms with Crippen LogP contribution in [0.3, 0.4) is 0 Å². The number of hydrogen-bond acceptors (Lipinski definition) is 7. The lowest BCUT2D eigenvalue weighted by molar-refractivity contribution is -0.118. The number of oxazole rings is 1. The van der Waals surface area contributed by atoms with E-state index in [1.807, 2.05) is 48.5 Å². The van der Waals surface area contributed by atoms with Crippen molar-refractivity contribution in [2.75, 3.05) is 18.1 Å². The number of fused-ring (bicyclic) bond motifs is 1. The second-order valence-corrected chi connectivity index (χ2v) is 9.18. The smallest absolute Gasteiger partial charge is 0.419 e. The Bertz CT molecular complexity index is 1370. The molecule has 0 aliphatic rings. The lowest BCUT2D eigenvalue weighted by Crippen LogP contribution is -2.33. The summed E-state index contributed by atoms with van der Waals surface area (Å²) in [6.45, 7) is 4.57. The predicted molar refractivity (Wildman–Crippen MR) is 135 cm³/mol. The topological polar surface area (TPSA) is 94.6 Å². The molecule has 4 rings (SSSR count). The van der Waals surface area contributed by atoms with Gasteiger partial charge in [0.25, 0.3) is 0 Å². The Kier molecular flexibility index (Phi) is 7.77. The first-order valence-corrected chi connectivity index (χ1v) is 12.4. The molecule has 0 saturated heterocycles. The minimum Gasteiger partial charge on any atom is -0.461 e. The van der Waals surface area contributed by atoms with Gasteiger partial charge in [0.05, 0.1) is 12.1 Å². The van der Waals surface area contributed by atoms with Gasteiger partial charge in [-0.2, -0.15) is 0 Å². The van der Waals surface area contributed by atoms with E-state index in [0.29, 0.717) is 47.0 Å². The van der Waals surface area contributed by atoms with E-state index in [9.17, 15) is 14.4 Å². The van der Waals surface area contributed by atoms with Crippen LogP contribution in [0.25, 0.3) is 11.1 Å². The number of benzene rings is 2. The maximum absolute atomic E-state index is 13.3. The third kappa shape index (κ3) is 5.68. The predicted octanol–water partition coefficient (Wildman–Crippen LogP) is 4.59. The zero-order valence-corrected chi connectivity index (χ0v) is 20.5. The number of rotatable bonds is 10. The normalized spacial score (nSPS) is 11.0. The average Bonchev–Trinajstić information content (AvgIpc) is 3.39. The van der Waals surface area contributed by atoms with Crippen LogP contribution in [0.4, 0.5) is 5.13 Å². The molecule has 35 heavy (non-hydrogen) atoms. The van der Waals surface area contributed by atoms with E-state index in [4.69, 9.17) is 9.15 Å². The fourth-order valence-electron chi connectivity index (χ4n) is 3.85. The van der Waals surface area contributed by atoms with Crippen molar-refractivity contribution in [3.8, 4) is 0 Å². The molecule has 0 bridgehead atoms. The van der Waals surface area contributed by atoms with E-state index in [1.165, 1.54) is 11.3 Å². The molecule has 0 saturated carbocycles. The quantitative estimate of drug-likeness (QED) is 0.300. The van der Waals surface area contributed by atoms with Gasteiger partial charge in [-0.15, -0.1) is 11.3 Å². The summed E-state index contributed by atoms with van der Waals surface area (Å²) in [6, 6.07) is 17.1. The molecular formula is C26H27N3O5S. The highest BCUT2D eigenvalue weighted by molar-refractivity contribution is 7.16. The number of ether oxygens (including phenoxy) is 1. The summed E-state index contributed by atoms with van der Waals surface area (Å²) in [6.07, 6.45) is 1.32. The van der Waals surface area contributed by atoms with Crippen molar-refractivity contribution in [3.63, 3.8) is 0 Å². The summed E-state index contributed by atoms with van der Waals surface area (Å²) in [5.41, 5.74) is 2.57. The number of anilines is 1. The molecule has 2 heterocycles. The summed E-state index contributed by atoms with van der Waals surface area (Å²) >= 11 is 1.30. The molecule has 1 amide bonds. The Balaban J connectivity index is 1.50. The maximum Gasteiger partial charge on any atom is 0.419 e.